The number of carbonyl (C=O) groups excluding carboxylic acids is 1. The van der Waals surface area contributed by atoms with Gasteiger partial charge in [-0.2, -0.15) is 0 Å². The second-order valence-corrected chi connectivity index (χ2v) is 3.12. The maximum absolute atomic E-state index is 11.4. The lowest BCUT2D eigenvalue weighted by atomic mass is 10.4. The van der Waals surface area contributed by atoms with Gasteiger partial charge in [-0.1, -0.05) is 5.92 Å². The largest absolute Gasteiger partial charge is 0.342 e. The maximum atomic E-state index is 11.4. The van der Waals surface area contributed by atoms with Crippen molar-refractivity contribution in [3.8, 4) is 11.8 Å². The third-order valence-electron chi connectivity index (χ3n) is 2.13. The fraction of sp³-hybridized carbons (Fsp3) is 0.700. The van der Waals surface area contributed by atoms with Crippen LogP contribution in [0.15, 0.2) is 0 Å². The molecule has 1 fully saturated rings. The van der Waals surface area contributed by atoms with Gasteiger partial charge < -0.3 is 4.90 Å². The minimum absolute atomic E-state index is 0.204. The van der Waals surface area contributed by atoms with Crippen molar-refractivity contribution >= 4 is 5.91 Å². The third kappa shape index (κ3) is 3.47. The van der Waals surface area contributed by atoms with Crippen molar-refractivity contribution in [2.24, 2.45) is 0 Å². The highest BCUT2D eigenvalue weighted by molar-refractivity contribution is 5.78. The van der Waals surface area contributed by atoms with Gasteiger partial charge in [-0.15, -0.1) is 5.92 Å². The Morgan fingerprint density at radius 2 is 2.15 bits per heavy atom. The number of rotatable bonds is 3. The van der Waals surface area contributed by atoms with E-state index in [0.717, 1.165) is 25.9 Å². The zero-order chi connectivity index (χ0) is 9.52. The summed E-state index contributed by atoms with van der Waals surface area (Å²) in [6.07, 6.45) is 2.31. The Hall–Kier alpha value is -1.01. The first-order valence-corrected chi connectivity index (χ1v) is 4.72. The summed E-state index contributed by atoms with van der Waals surface area (Å²) in [5.41, 5.74) is 0. The van der Waals surface area contributed by atoms with Crippen molar-refractivity contribution in [2.75, 3.05) is 26.2 Å². The van der Waals surface area contributed by atoms with E-state index in [-0.39, 0.29) is 5.91 Å². The molecule has 1 amide bonds. The fourth-order valence-electron chi connectivity index (χ4n) is 1.40. The lowest BCUT2D eigenvalue weighted by Gasteiger charge is -2.14. The minimum atomic E-state index is 0.204. The lowest BCUT2D eigenvalue weighted by molar-refractivity contribution is -0.129. The molecular formula is C10H16N2O. The van der Waals surface area contributed by atoms with Crippen LogP contribution in [0.3, 0.4) is 0 Å². The third-order valence-corrected chi connectivity index (χ3v) is 2.13. The Labute approximate surface area is 79.5 Å². The van der Waals surface area contributed by atoms with Crippen molar-refractivity contribution in [2.45, 2.75) is 19.8 Å². The molecule has 1 aliphatic rings. The zero-order valence-corrected chi connectivity index (χ0v) is 8.10. The predicted octanol–water partition coefficient (Wildman–Crippen LogP) is 0.222. The van der Waals surface area contributed by atoms with Gasteiger partial charge in [-0.25, -0.2) is 0 Å². The van der Waals surface area contributed by atoms with Gasteiger partial charge in [-0.05, 0) is 19.8 Å². The predicted molar refractivity (Wildman–Crippen MR) is 52.1 cm³/mol. The van der Waals surface area contributed by atoms with E-state index in [1.165, 1.54) is 0 Å². The summed E-state index contributed by atoms with van der Waals surface area (Å²) in [4.78, 5) is 13.3. The van der Waals surface area contributed by atoms with Crippen LogP contribution >= 0.6 is 0 Å². The molecule has 0 aromatic heterocycles. The van der Waals surface area contributed by atoms with Gasteiger partial charge in [0.25, 0.3) is 0 Å². The van der Waals surface area contributed by atoms with E-state index in [1.54, 1.807) is 6.92 Å². The lowest BCUT2D eigenvalue weighted by Crippen LogP contribution is -2.36. The van der Waals surface area contributed by atoms with E-state index in [2.05, 4.69) is 17.2 Å². The van der Waals surface area contributed by atoms with Crippen LogP contribution in [0.25, 0.3) is 0 Å². The first-order valence-electron chi connectivity index (χ1n) is 4.72. The van der Waals surface area contributed by atoms with Gasteiger partial charge in [0.05, 0.1) is 13.1 Å². The highest BCUT2D eigenvalue weighted by atomic mass is 16.2. The standard InChI is InChI=1S/C10H16N2O/c1-2-3-6-11-9-10(13)12-7-4-5-8-12/h11H,4-9H2,1H3. The van der Waals surface area contributed by atoms with Crippen LogP contribution in [0, 0.1) is 11.8 Å². The molecular weight excluding hydrogens is 164 g/mol. The molecule has 0 aliphatic carbocycles. The highest BCUT2D eigenvalue weighted by Gasteiger charge is 2.16. The van der Waals surface area contributed by atoms with Crippen LogP contribution in [0.2, 0.25) is 0 Å². The summed E-state index contributed by atoms with van der Waals surface area (Å²) in [6.45, 7) is 4.69. The molecule has 0 aromatic rings. The van der Waals surface area contributed by atoms with E-state index in [9.17, 15) is 4.79 Å². The Bertz CT molecular complexity index is 221. The average molecular weight is 180 g/mol. The summed E-state index contributed by atoms with van der Waals surface area (Å²) < 4.78 is 0. The summed E-state index contributed by atoms with van der Waals surface area (Å²) in [7, 11) is 0. The van der Waals surface area contributed by atoms with Crippen LogP contribution < -0.4 is 5.32 Å². The molecule has 0 spiro atoms. The van der Waals surface area contributed by atoms with Gasteiger partial charge in [0.2, 0.25) is 5.91 Å². The first-order chi connectivity index (χ1) is 6.34. The van der Waals surface area contributed by atoms with E-state index >= 15 is 0 Å². The summed E-state index contributed by atoms with van der Waals surface area (Å²) in [5, 5.41) is 3.00. The molecule has 72 valence electrons. The van der Waals surface area contributed by atoms with Crippen molar-refractivity contribution in [1.82, 2.24) is 10.2 Å². The zero-order valence-electron chi connectivity index (χ0n) is 8.10. The molecule has 1 saturated heterocycles. The second kappa shape index (κ2) is 5.60. The highest BCUT2D eigenvalue weighted by Crippen LogP contribution is 2.06. The molecule has 13 heavy (non-hydrogen) atoms. The van der Waals surface area contributed by atoms with Crippen molar-refractivity contribution in [3.05, 3.63) is 0 Å². The molecule has 0 atom stereocenters. The molecule has 1 rings (SSSR count). The number of likely N-dealkylation sites (tertiary alicyclic amines) is 1. The van der Waals surface area contributed by atoms with Gasteiger partial charge in [0, 0.05) is 13.1 Å². The van der Waals surface area contributed by atoms with Crippen LogP contribution in [-0.4, -0.2) is 37.0 Å². The molecule has 0 bridgehead atoms. The Morgan fingerprint density at radius 3 is 2.77 bits per heavy atom. The number of hydrogen-bond donors (Lipinski definition) is 1. The number of amides is 1. The van der Waals surface area contributed by atoms with Crippen molar-refractivity contribution in [3.63, 3.8) is 0 Å². The fourth-order valence-corrected chi connectivity index (χ4v) is 1.40. The van der Waals surface area contributed by atoms with Crippen molar-refractivity contribution in [1.29, 1.82) is 0 Å². The summed E-state index contributed by atoms with van der Waals surface area (Å²) >= 11 is 0. The van der Waals surface area contributed by atoms with Gasteiger partial charge >= 0.3 is 0 Å². The number of nitrogens with zero attached hydrogens (tertiary/aromatic N) is 1. The summed E-state index contributed by atoms with van der Waals surface area (Å²) in [6, 6.07) is 0. The number of hydrogen-bond acceptors (Lipinski definition) is 2. The van der Waals surface area contributed by atoms with Crippen LogP contribution in [0.5, 0.6) is 0 Å². The Balaban J connectivity index is 2.12. The monoisotopic (exact) mass is 180 g/mol. The van der Waals surface area contributed by atoms with Gasteiger partial charge in [0.1, 0.15) is 0 Å². The molecule has 1 heterocycles. The minimum Gasteiger partial charge on any atom is -0.342 e. The van der Waals surface area contributed by atoms with Crippen LogP contribution in [-0.2, 0) is 4.79 Å². The van der Waals surface area contributed by atoms with Crippen molar-refractivity contribution < 1.29 is 4.79 Å². The molecule has 3 nitrogen and oxygen atoms in total. The van der Waals surface area contributed by atoms with Gasteiger partial charge in [-0.3, -0.25) is 10.1 Å². The molecule has 0 saturated carbocycles. The molecule has 3 heteroatoms. The SMILES string of the molecule is CC#CCNCC(=O)N1CCCC1. The smallest absolute Gasteiger partial charge is 0.236 e. The average Bonchev–Trinajstić information content (AvgIpc) is 2.65. The second-order valence-electron chi connectivity index (χ2n) is 3.12. The molecule has 0 radical (unpaired) electrons. The molecule has 0 unspecified atom stereocenters. The van der Waals surface area contributed by atoms with E-state index in [1.807, 2.05) is 4.90 Å². The van der Waals surface area contributed by atoms with Crippen LogP contribution in [0.1, 0.15) is 19.8 Å². The number of nitrogens with one attached hydrogen (secondary N) is 1. The summed E-state index contributed by atoms with van der Waals surface area (Å²) in [5.74, 6) is 5.84. The van der Waals surface area contributed by atoms with E-state index in [4.69, 9.17) is 0 Å². The first kappa shape index (κ1) is 10.1. The number of carbonyl (C=O) groups is 1. The van der Waals surface area contributed by atoms with Crippen LogP contribution in [0.4, 0.5) is 0 Å². The quantitative estimate of drug-likeness (QED) is 0.498. The van der Waals surface area contributed by atoms with Gasteiger partial charge in [0.15, 0.2) is 0 Å². The molecule has 1 aliphatic heterocycles. The maximum Gasteiger partial charge on any atom is 0.236 e. The Kier molecular flexibility index (Phi) is 4.34. The van der Waals surface area contributed by atoms with E-state index < -0.39 is 0 Å². The molecule has 1 N–H and O–H groups in total. The van der Waals surface area contributed by atoms with E-state index in [0.29, 0.717) is 13.1 Å². The normalized spacial score (nSPS) is 15.3. The topological polar surface area (TPSA) is 32.3 Å². The Morgan fingerprint density at radius 1 is 1.46 bits per heavy atom. The molecule has 0 aromatic carbocycles.